The number of ether oxygens (including phenoxy) is 1. The summed E-state index contributed by atoms with van der Waals surface area (Å²) in [6, 6.07) is 16.6. The first kappa shape index (κ1) is 23.5. The maximum absolute atomic E-state index is 11.9. The van der Waals surface area contributed by atoms with E-state index in [1.54, 1.807) is 0 Å². The van der Waals surface area contributed by atoms with Gasteiger partial charge in [0.25, 0.3) is 0 Å². The molecule has 2 aliphatic heterocycles. The lowest BCUT2D eigenvalue weighted by Gasteiger charge is -2.35. The Morgan fingerprint density at radius 1 is 1.16 bits per heavy atom. The summed E-state index contributed by atoms with van der Waals surface area (Å²) in [6.07, 6.45) is 1.65. The first-order valence-electron chi connectivity index (χ1n) is 10.7. The molecular formula is C24H31IN4O2. The third-order valence-electron chi connectivity index (χ3n) is 5.89. The van der Waals surface area contributed by atoms with Gasteiger partial charge in [0.05, 0.1) is 13.2 Å². The Hall–Kier alpha value is -2.13. The molecule has 2 saturated heterocycles. The summed E-state index contributed by atoms with van der Waals surface area (Å²) in [6.45, 7) is 5.91. The predicted octanol–water partition coefficient (Wildman–Crippen LogP) is 3.89. The van der Waals surface area contributed by atoms with Gasteiger partial charge in [-0.25, -0.2) is 0 Å². The smallest absolute Gasteiger partial charge is 0.227 e. The van der Waals surface area contributed by atoms with Gasteiger partial charge in [-0.15, -0.1) is 24.0 Å². The highest BCUT2D eigenvalue weighted by atomic mass is 127. The molecule has 2 heterocycles. The number of benzene rings is 2. The average molecular weight is 534 g/mol. The topological polar surface area (TPSA) is 57.2 Å². The van der Waals surface area contributed by atoms with Crippen LogP contribution in [0.15, 0.2) is 53.5 Å². The average Bonchev–Trinajstić information content (AvgIpc) is 3.21. The number of rotatable bonds is 4. The molecule has 0 spiro atoms. The summed E-state index contributed by atoms with van der Waals surface area (Å²) in [4.78, 5) is 20.5. The number of anilines is 1. The summed E-state index contributed by atoms with van der Waals surface area (Å²) in [5.41, 5.74) is 4.64. The number of nitrogens with zero attached hydrogens (tertiary/aromatic N) is 3. The number of morpholine rings is 1. The predicted molar refractivity (Wildman–Crippen MR) is 135 cm³/mol. The lowest BCUT2D eigenvalue weighted by atomic mass is 10.0. The van der Waals surface area contributed by atoms with Crippen molar-refractivity contribution in [2.24, 2.45) is 4.99 Å². The Labute approximate surface area is 201 Å². The van der Waals surface area contributed by atoms with Gasteiger partial charge < -0.3 is 19.9 Å². The molecule has 2 aliphatic rings. The van der Waals surface area contributed by atoms with E-state index in [4.69, 9.17) is 4.74 Å². The zero-order valence-electron chi connectivity index (χ0n) is 18.2. The molecule has 166 valence electrons. The van der Waals surface area contributed by atoms with E-state index in [9.17, 15) is 4.79 Å². The molecule has 1 amide bonds. The number of nitrogens with one attached hydrogen (secondary N) is 1. The fraction of sp³-hybridized carbons (Fsp3) is 0.417. The third kappa shape index (κ3) is 5.57. The van der Waals surface area contributed by atoms with Crippen LogP contribution in [0.1, 0.15) is 35.6 Å². The largest absolute Gasteiger partial charge is 0.370 e. The third-order valence-corrected chi connectivity index (χ3v) is 5.89. The van der Waals surface area contributed by atoms with Crippen LogP contribution in [-0.2, 0) is 16.1 Å². The van der Waals surface area contributed by atoms with E-state index >= 15 is 0 Å². The normalized spacial score (nSPS) is 19.4. The molecule has 31 heavy (non-hydrogen) atoms. The molecule has 2 aromatic carbocycles. The second-order valence-electron chi connectivity index (χ2n) is 7.88. The molecule has 0 bridgehead atoms. The van der Waals surface area contributed by atoms with Crippen molar-refractivity contribution in [2.75, 3.05) is 38.2 Å². The van der Waals surface area contributed by atoms with Gasteiger partial charge in [0.1, 0.15) is 6.10 Å². The highest BCUT2D eigenvalue weighted by Crippen LogP contribution is 2.25. The Morgan fingerprint density at radius 2 is 1.94 bits per heavy atom. The number of carbonyl (C=O) groups is 1. The van der Waals surface area contributed by atoms with Gasteiger partial charge in [0, 0.05) is 38.8 Å². The maximum Gasteiger partial charge on any atom is 0.227 e. The summed E-state index contributed by atoms with van der Waals surface area (Å²) >= 11 is 0. The van der Waals surface area contributed by atoms with E-state index in [1.165, 1.54) is 11.1 Å². The number of aliphatic imine (C=N–C) groups is 1. The quantitative estimate of drug-likeness (QED) is 0.368. The van der Waals surface area contributed by atoms with Gasteiger partial charge in [-0.2, -0.15) is 0 Å². The molecule has 2 fully saturated rings. The van der Waals surface area contributed by atoms with Gasteiger partial charge in [-0.1, -0.05) is 36.4 Å². The standard InChI is InChI=1S/C24H30N4O2.HI/c1-18-6-3-4-7-21(18)22-17-27(14-15-30-22)24(25-2)26-16-19-9-11-20(12-10-19)28-13-5-8-23(28)29;/h3-4,6-7,9-12,22H,5,8,13-17H2,1-2H3,(H,25,26);1H. The van der Waals surface area contributed by atoms with Crippen molar-refractivity contribution in [1.29, 1.82) is 0 Å². The summed E-state index contributed by atoms with van der Waals surface area (Å²) < 4.78 is 6.05. The molecular weight excluding hydrogens is 503 g/mol. The first-order valence-corrected chi connectivity index (χ1v) is 10.7. The van der Waals surface area contributed by atoms with Crippen LogP contribution in [0, 0.1) is 6.92 Å². The highest BCUT2D eigenvalue weighted by molar-refractivity contribution is 14.0. The van der Waals surface area contributed by atoms with E-state index in [0.29, 0.717) is 19.6 Å². The second-order valence-corrected chi connectivity index (χ2v) is 7.88. The molecule has 0 aliphatic carbocycles. The summed E-state index contributed by atoms with van der Waals surface area (Å²) in [5, 5.41) is 3.48. The molecule has 0 aromatic heterocycles. The van der Waals surface area contributed by atoms with Crippen molar-refractivity contribution in [3.63, 3.8) is 0 Å². The van der Waals surface area contributed by atoms with E-state index in [0.717, 1.165) is 43.3 Å². The molecule has 7 heteroatoms. The fourth-order valence-corrected chi connectivity index (χ4v) is 4.21. The SMILES string of the molecule is CN=C(NCc1ccc(N2CCCC2=O)cc1)N1CCOC(c2ccccc2C)C1.I. The van der Waals surface area contributed by atoms with Crippen LogP contribution in [0.25, 0.3) is 0 Å². The second kappa shape index (κ2) is 10.9. The Morgan fingerprint density at radius 3 is 2.61 bits per heavy atom. The molecule has 1 unspecified atom stereocenters. The number of guanidine groups is 1. The number of aryl methyl sites for hydroxylation is 1. The molecule has 6 nitrogen and oxygen atoms in total. The molecule has 0 saturated carbocycles. The van der Waals surface area contributed by atoms with Crippen molar-refractivity contribution in [3.8, 4) is 0 Å². The summed E-state index contributed by atoms with van der Waals surface area (Å²) in [7, 11) is 1.82. The minimum Gasteiger partial charge on any atom is -0.370 e. The van der Waals surface area contributed by atoms with Crippen LogP contribution in [0.2, 0.25) is 0 Å². The van der Waals surface area contributed by atoms with Crippen molar-refractivity contribution < 1.29 is 9.53 Å². The van der Waals surface area contributed by atoms with E-state index < -0.39 is 0 Å². The van der Waals surface area contributed by atoms with Crippen LogP contribution >= 0.6 is 24.0 Å². The van der Waals surface area contributed by atoms with Crippen LogP contribution in [-0.4, -0.2) is 50.1 Å². The molecule has 1 N–H and O–H groups in total. The maximum atomic E-state index is 11.9. The van der Waals surface area contributed by atoms with Gasteiger partial charge in [-0.3, -0.25) is 9.79 Å². The van der Waals surface area contributed by atoms with Gasteiger partial charge >= 0.3 is 0 Å². The molecule has 0 radical (unpaired) electrons. The van der Waals surface area contributed by atoms with Crippen LogP contribution in [0.5, 0.6) is 0 Å². The number of hydrogen-bond acceptors (Lipinski definition) is 3. The lowest BCUT2D eigenvalue weighted by Crippen LogP contribution is -2.48. The Kier molecular flexibility index (Phi) is 8.31. The minimum atomic E-state index is 0. The molecule has 1 atom stereocenters. The fourth-order valence-electron chi connectivity index (χ4n) is 4.21. The van der Waals surface area contributed by atoms with Crippen LogP contribution in [0.3, 0.4) is 0 Å². The van der Waals surface area contributed by atoms with Crippen molar-refractivity contribution in [1.82, 2.24) is 10.2 Å². The number of halogens is 1. The zero-order valence-corrected chi connectivity index (χ0v) is 20.5. The van der Waals surface area contributed by atoms with Crippen molar-refractivity contribution in [3.05, 3.63) is 65.2 Å². The Balaban J connectivity index is 0.00000272. The lowest BCUT2D eigenvalue weighted by molar-refractivity contribution is -0.117. The number of amides is 1. The van der Waals surface area contributed by atoms with Crippen LogP contribution in [0.4, 0.5) is 5.69 Å². The number of carbonyl (C=O) groups excluding carboxylic acids is 1. The van der Waals surface area contributed by atoms with E-state index in [2.05, 4.69) is 58.5 Å². The first-order chi connectivity index (χ1) is 14.7. The molecule has 2 aromatic rings. The monoisotopic (exact) mass is 534 g/mol. The highest BCUT2D eigenvalue weighted by Gasteiger charge is 2.25. The van der Waals surface area contributed by atoms with E-state index in [1.807, 2.05) is 24.1 Å². The minimum absolute atomic E-state index is 0. The van der Waals surface area contributed by atoms with Gasteiger partial charge in [-0.05, 0) is 42.2 Å². The number of hydrogen-bond donors (Lipinski definition) is 1. The van der Waals surface area contributed by atoms with Crippen molar-refractivity contribution in [2.45, 2.75) is 32.4 Å². The van der Waals surface area contributed by atoms with E-state index in [-0.39, 0.29) is 36.0 Å². The van der Waals surface area contributed by atoms with Gasteiger partial charge in [0.2, 0.25) is 5.91 Å². The van der Waals surface area contributed by atoms with Crippen LogP contribution < -0.4 is 10.2 Å². The van der Waals surface area contributed by atoms with Gasteiger partial charge in [0.15, 0.2) is 5.96 Å². The Bertz CT molecular complexity index is 916. The zero-order chi connectivity index (χ0) is 20.9. The summed E-state index contributed by atoms with van der Waals surface area (Å²) in [5.74, 6) is 1.10. The van der Waals surface area contributed by atoms with Crippen molar-refractivity contribution >= 4 is 41.5 Å². The molecule has 4 rings (SSSR count).